The number of hydrogen-bond acceptors (Lipinski definition) is 7. The zero-order valence-corrected chi connectivity index (χ0v) is 33.4. The summed E-state index contributed by atoms with van der Waals surface area (Å²) in [7, 11) is 2.13. The maximum absolute atomic E-state index is 14.7. The van der Waals surface area contributed by atoms with Crippen LogP contribution in [0.2, 0.25) is 0 Å². The second kappa shape index (κ2) is 13.9. The summed E-state index contributed by atoms with van der Waals surface area (Å²) in [4.78, 5) is 31.7. The second-order valence-electron chi connectivity index (χ2n) is 19.7. The summed E-state index contributed by atoms with van der Waals surface area (Å²) in [5, 5.41) is 15.2. The van der Waals surface area contributed by atoms with Gasteiger partial charge in [-0.05, 0) is 96.4 Å². The summed E-state index contributed by atoms with van der Waals surface area (Å²) < 4.78 is 12.8. The molecule has 0 radical (unpaired) electrons. The van der Waals surface area contributed by atoms with Crippen LogP contribution in [0, 0.1) is 5.92 Å². The van der Waals surface area contributed by atoms with Crippen molar-refractivity contribution in [3.63, 3.8) is 0 Å². The van der Waals surface area contributed by atoms with Gasteiger partial charge in [-0.15, -0.1) is 0 Å². The van der Waals surface area contributed by atoms with Gasteiger partial charge in [-0.2, -0.15) is 0 Å². The molecular weight excluding hydrogens is 600 g/mol. The Morgan fingerprint density at radius 2 is 1.21 bits per heavy atom. The molecule has 3 rings (SSSR count). The minimum absolute atomic E-state index is 0.184. The van der Waals surface area contributed by atoms with Crippen LogP contribution >= 0.6 is 0 Å². The Kier molecular flexibility index (Phi) is 11.7. The van der Waals surface area contributed by atoms with E-state index in [1.54, 1.807) is 0 Å². The number of ether oxygens (including phenoxy) is 2. The molecule has 2 heterocycles. The van der Waals surface area contributed by atoms with Gasteiger partial charge in [0.2, 0.25) is 0 Å². The Morgan fingerprint density at radius 1 is 0.812 bits per heavy atom. The number of likely N-dealkylation sites (tertiary alicyclic amines) is 1. The van der Waals surface area contributed by atoms with Gasteiger partial charge in [-0.3, -0.25) is 14.5 Å². The van der Waals surface area contributed by atoms with Crippen LogP contribution in [-0.4, -0.2) is 63.4 Å². The first-order valence-electron chi connectivity index (χ1n) is 18.4. The molecule has 7 nitrogen and oxygen atoms in total. The van der Waals surface area contributed by atoms with Crippen LogP contribution in [0.5, 0.6) is 5.75 Å². The van der Waals surface area contributed by atoms with E-state index >= 15 is 0 Å². The molecule has 0 bridgehead atoms. The van der Waals surface area contributed by atoms with Gasteiger partial charge in [0.05, 0.1) is 0 Å². The predicted molar refractivity (Wildman–Crippen MR) is 197 cm³/mol. The third kappa shape index (κ3) is 9.56. The summed E-state index contributed by atoms with van der Waals surface area (Å²) in [6.45, 7) is 31.9. The molecule has 2 fully saturated rings. The number of aromatic hydroxyl groups is 1. The van der Waals surface area contributed by atoms with Crippen molar-refractivity contribution in [2.45, 2.75) is 200 Å². The van der Waals surface area contributed by atoms with E-state index < -0.39 is 23.8 Å². The van der Waals surface area contributed by atoms with Crippen molar-refractivity contribution < 1.29 is 24.2 Å². The lowest BCUT2D eigenvalue weighted by Crippen LogP contribution is -2.60. The summed E-state index contributed by atoms with van der Waals surface area (Å²) in [5.41, 5.74) is 0.969. The van der Waals surface area contributed by atoms with E-state index in [2.05, 4.69) is 121 Å². The van der Waals surface area contributed by atoms with Crippen LogP contribution in [0.4, 0.5) is 0 Å². The Hall–Kier alpha value is -2.12. The number of carbonyl (C=O) groups excluding carboxylic acids is 2. The number of piperidine rings is 2. The molecule has 2 aliphatic heterocycles. The standard InChI is InChI=1S/C41H70N2O5/c1-17-18-19-29(26-20-30(36(2,3)4)33(44)31(21-26)37(5,6)7)32(34(45)47-27-22-38(8,9)42-39(10,11)23-27)35(46)48-28-24-40(12,13)43(16)41(14,15)25-28/h20-21,27-29,32,42,44H,17-19,22-25H2,1-16H3. The molecule has 2 atom stereocenters. The van der Waals surface area contributed by atoms with E-state index in [1.165, 1.54) is 0 Å². The normalized spacial score (nSPS) is 22.9. The summed E-state index contributed by atoms with van der Waals surface area (Å²) in [6.07, 6.45) is 4.38. The number of phenols is 1. The minimum Gasteiger partial charge on any atom is -0.507 e. The average Bonchev–Trinajstić information content (AvgIpc) is 2.86. The monoisotopic (exact) mass is 671 g/mol. The fraction of sp³-hybridized carbons (Fsp3) is 0.805. The molecule has 2 unspecified atom stereocenters. The number of hydrogen-bond donors (Lipinski definition) is 2. The van der Waals surface area contributed by atoms with Gasteiger partial charge in [0, 0.05) is 53.8 Å². The van der Waals surface area contributed by atoms with Gasteiger partial charge in [0.1, 0.15) is 18.0 Å². The SMILES string of the molecule is CCCCC(c1cc(C(C)(C)C)c(O)c(C(C)(C)C)c1)C(C(=O)OC1CC(C)(C)NC(C)(C)C1)C(=O)OC1CC(C)(C)N(C)C(C)(C)C1. The van der Waals surface area contributed by atoms with Crippen molar-refractivity contribution in [1.29, 1.82) is 0 Å². The van der Waals surface area contributed by atoms with E-state index in [1.807, 2.05) is 12.1 Å². The van der Waals surface area contributed by atoms with Crippen LogP contribution in [0.3, 0.4) is 0 Å². The molecule has 274 valence electrons. The average molecular weight is 671 g/mol. The van der Waals surface area contributed by atoms with E-state index in [-0.39, 0.29) is 50.9 Å². The predicted octanol–water partition coefficient (Wildman–Crippen LogP) is 8.92. The maximum Gasteiger partial charge on any atom is 0.321 e. The number of phenolic OH excluding ortho intramolecular Hbond substituents is 1. The molecule has 0 amide bonds. The Labute approximate surface area is 293 Å². The number of rotatable bonds is 9. The molecule has 2 aliphatic rings. The van der Waals surface area contributed by atoms with E-state index in [4.69, 9.17) is 9.47 Å². The van der Waals surface area contributed by atoms with Crippen molar-refractivity contribution in [3.8, 4) is 5.75 Å². The molecule has 0 spiro atoms. The Bertz CT molecular complexity index is 1240. The van der Waals surface area contributed by atoms with Gasteiger partial charge >= 0.3 is 11.9 Å². The second-order valence-corrected chi connectivity index (χ2v) is 19.7. The van der Waals surface area contributed by atoms with Gasteiger partial charge in [0.25, 0.3) is 0 Å². The minimum atomic E-state index is -1.13. The lowest BCUT2D eigenvalue weighted by Gasteiger charge is -2.53. The van der Waals surface area contributed by atoms with Gasteiger partial charge in [-0.25, -0.2) is 0 Å². The van der Waals surface area contributed by atoms with Crippen LogP contribution in [0.15, 0.2) is 12.1 Å². The highest BCUT2D eigenvalue weighted by atomic mass is 16.6. The lowest BCUT2D eigenvalue weighted by atomic mass is 9.74. The molecule has 0 aromatic heterocycles. The molecular formula is C41H70N2O5. The summed E-state index contributed by atoms with van der Waals surface area (Å²) >= 11 is 0. The first-order chi connectivity index (χ1) is 21.6. The highest BCUT2D eigenvalue weighted by molar-refractivity contribution is 5.96. The fourth-order valence-corrected chi connectivity index (χ4v) is 8.54. The topological polar surface area (TPSA) is 88.1 Å². The van der Waals surface area contributed by atoms with Crippen LogP contribution in [0.1, 0.15) is 171 Å². The van der Waals surface area contributed by atoms with Crippen LogP contribution in [0.25, 0.3) is 0 Å². The largest absolute Gasteiger partial charge is 0.507 e. The van der Waals surface area contributed by atoms with Crippen molar-refractivity contribution in [2.24, 2.45) is 5.92 Å². The molecule has 1 aromatic carbocycles. The van der Waals surface area contributed by atoms with E-state index in [0.29, 0.717) is 32.1 Å². The molecule has 7 heteroatoms. The smallest absolute Gasteiger partial charge is 0.321 e. The molecule has 48 heavy (non-hydrogen) atoms. The third-order valence-electron chi connectivity index (χ3n) is 10.9. The lowest BCUT2D eigenvalue weighted by molar-refractivity contribution is -0.176. The zero-order chi connectivity index (χ0) is 36.8. The first kappa shape index (κ1) is 40.3. The quantitative estimate of drug-likeness (QED) is 0.200. The molecule has 0 aliphatic carbocycles. The Morgan fingerprint density at radius 3 is 1.58 bits per heavy atom. The van der Waals surface area contributed by atoms with Gasteiger partial charge in [-0.1, -0.05) is 73.4 Å². The molecule has 0 saturated carbocycles. The summed E-state index contributed by atoms with van der Waals surface area (Å²) in [5.74, 6) is -2.33. The van der Waals surface area contributed by atoms with E-state index in [0.717, 1.165) is 29.5 Å². The van der Waals surface area contributed by atoms with Crippen molar-refractivity contribution in [1.82, 2.24) is 10.2 Å². The maximum atomic E-state index is 14.7. The molecule has 2 N–H and O–H groups in total. The van der Waals surface area contributed by atoms with Gasteiger partial charge in [0.15, 0.2) is 5.92 Å². The number of esters is 2. The zero-order valence-electron chi connectivity index (χ0n) is 33.4. The van der Waals surface area contributed by atoms with Crippen molar-refractivity contribution in [2.75, 3.05) is 7.05 Å². The van der Waals surface area contributed by atoms with E-state index in [9.17, 15) is 14.7 Å². The first-order valence-corrected chi connectivity index (χ1v) is 18.4. The number of unbranched alkanes of at least 4 members (excludes halogenated alkanes) is 1. The number of carbonyl (C=O) groups is 2. The molecule has 2 saturated heterocycles. The van der Waals surface area contributed by atoms with Crippen LogP contribution < -0.4 is 5.32 Å². The number of benzene rings is 1. The highest BCUT2D eigenvalue weighted by Crippen LogP contribution is 2.45. The van der Waals surface area contributed by atoms with Crippen LogP contribution in [-0.2, 0) is 29.9 Å². The summed E-state index contributed by atoms with van der Waals surface area (Å²) in [6, 6.07) is 4.05. The Balaban J connectivity index is 2.18. The van der Waals surface area contributed by atoms with Gasteiger partial charge < -0.3 is 19.9 Å². The number of nitrogens with one attached hydrogen (secondary N) is 1. The van der Waals surface area contributed by atoms with Crippen molar-refractivity contribution >= 4 is 11.9 Å². The third-order valence-corrected chi connectivity index (χ3v) is 10.9. The number of nitrogens with zero attached hydrogens (tertiary/aromatic N) is 1. The highest BCUT2D eigenvalue weighted by Gasteiger charge is 2.48. The molecule has 1 aromatic rings. The van der Waals surface area contributed by atoms with Crippen molar-refractivity contribution in [3.05, 3.63) is 28.8 Å². The fourth-order valence-electron chi connectivity index (χ4n) is 8.54.